The van der Waals surface area contributed by atoms with Gasteiger partial charge in [-0.15, -0.1) is 0 Å². The van der Waals surface area contributed by atoms with Crippen molar-refractivity contribution in [3.05, 3.63) is 27.8 Å². The Kier molecular flexibility index (Phi) is 4.31. The van der Waals surface area contributed by atoms with Crippen molar-refractivity contribution in [2.24, 2.45) is 0 Å². The van der Waals surface area contributed by atoms with Gasteiger partial charge in [0.1, 0.15) is 0 Å². The van der Waals surface area contributed by atoms with Crippen molar-refractivity contribution in [1.82, 2.24) is 5.32 Å². The second-order valence-corrected chi connectivity index (χ2v) is 6.06. The van der Waals surface area contributed by atoms with Crippen molar-refractivity contribution in [3.63, 3.8) is 0 Å². The molecule has 0 aliphatic carbocycles. The molecule has 0 aromatic heterocycles. The number of hydrogen-bond acceptors (Lipinski definition) is 2. The molecule has 0 spiro atoms. The Morgan fingerprint density at radius 1 is 1.24 bits per heavy atom. The van der Waals surface area contributed by atoms with E-state index in [1.807, 2.05) is 0 Å². The van der Waals surface area contributed by atoms with Gasteiger partial charge >= 0.3 is 0 Å². The van der Waals surface area contributed by atoms with Crippen molar-refractivity contribution < 1.29 is 0 Å². The van der Waals surface area contributed by atoms with E-state index in [9.17, 15) is 0 Å². The summed E-state index contributed by atoms with van der Waals surface area (Å²) >= 11 is 2.36. The molecule has 0 bridgehead atoms. The number of nitrogens with zero attached hydrogens (tertiary/aromatic N) is 1. The highest BCUT2D eigenvalue weighted by Crippen LogP contribution is 2.25. The lowest BCUT2D eigenvalue weighted by Gasteiger charge is -2.44. The van der Waals surface area contributed by atoms with Crippen molar-refractivity contribution in [3.8, 4) is 0 Å². The van der Waals surface area contributed by atoms with Gasteiger partial charge in [0.2, 0.25) is 0 Å². The van der Waals surface area contributed by atoms with Crippen molar-refractivity contribution in [2.75, 3.05) is 24.5 Å². The predicted octanol–water partition coefficient (Wildman–Crippen LogP) is 3.26. The van der Waals surface area contributed by atoms with Crippen LogP contribution in [0.5, 0.6) is 0 Å². The van der Waals surface area contributed by atoms with Gasteiger partial charge in [-0.2, -0.15) is 0 Å². The zero-order valence-corrected chi connectivity index (χ0v) is 12.8. The van der Waals surface area contributed by atoms with E-state index in [-0.39, 0.29) is 0 Å². The molecule has 0 radical (unpaired) electrons. The average Bonchev–Trinajstić information content (AvgIpc) is 2.39. The Balaban J connectivity index is 2.14. The summed E-state index contributed by atoms with van der Waals surface area (Å²) in [6.45, 7) is 7.90. The number of piperazine rings is 1. The SMILES string of the molecule is CCC1(CC)CN(c2ccc(I)cc2)CCN1. The molecule has 1 N–H and O–H groups in total. The average molecular weight is 344 g/mol. The molecule has 17 heavy (non-hydrogen) atoms. The molecule has 2 nitrogen and oxygen atoms in total. The van der Waals surface area contributed by atoms with Gasteiger partial charge in [0, 0.05) is 34.4 Å². The molecule has 0 saturated carbocycles. The van der Waals surface area contributed by atoms with Gasteiger partial charge in [0.05, 0.1) is 0 Å². The lowest BCUT2D eigenvalue weighted by molar-refractivity contribution is 0.277. The maximum absolute atomic E-state index is 3.70. The summed E-state index contributed by atoms with van der Waals surface area (Å²) in [5.41, 5.74) is 1.67. The normalized spacial score (nSPS) is 19.4. The Hall–Kier alpha value is -0.290. The van der Waals surface area contributed by atoms with Crippen molar-refractivity contribution >= 4 is 28.3 Å². The van der Waals surface area contributed by atoms with Gasteiger partial charge in [-0.1, -0.05) is 13.8 Å². The van der Waals surface area contributed by atoms with Crippen LogP contribution in [0.4, 0.5) is 5.69 Å². The first-order chi connectivity index (χ1) is 8.19. The van der Waals surface area contributed by atoms with Crippen LogP contribution < -0.4 is 10.2 Å². The number of anilines is 1. The van der Waals surface area contributed by atoms with Gasteiger partial charge in [0.25, 0.3) is 0 Å². The van der Waals surface area contributed by atoms with E-state index in [1.54, 1.807) is 0 Å². The van der Waals surface area contributed by atoms with E-state index in [0.717, 1.165) is 19.6 Å². The predicted molar refractivity (Wildman–Crippen MR) is 82.7 cm³/mol. The summed E-state index contributed by atoms with van der Waals surface area (Å²) in [5.74, 6) is 0. The summed E-state index contributed by atoms with van der Waals surface area (Å²) in [7, 11) is 0. The summed E-state index contributed by atoms with van der Waals surface area (Å²) in [4.78, 5) is 2.51. The van der Waals surface area contributed by atoms with E-state index in [0.29, 0.717) is 5.54 Å². The summed E-state index contributed by atoms with van der Waals surface area (Å²) in [6.07, 6.45) is 2.40. The second kappa shape index (κ2) is 5.57. The van der Waals surface area contributed by atoms with Crippen LogP contribution in [0.1, 0.15) is 26.7 Å². The topological polar surface area (TPSA) is 15.3 Å². The fourth-order valence-corrected chi connectivity index (χ4v) is 2.91. The van der Waals surface area contributed by atoms with Gasteiger partial charge in [0.15, 0.2) is 0 Å². The van der Waals surface area contributed by atoms with Gasteiger partial charge in [-0.05, 0) is 59.7 Å². The van der Waals surface area contributed by atoms with Crippen LogP contribution in [0.25, 0.3) is 0 Å². The van der Waals surface area contributed by atoms with Crippen LogP contribution in [0.2, 0.25) is 0 Å². The third-order valence-corrected chi connectivity index (χ3v) is 4.64. The summed E-state index contributed by atoms with van der Waals surface area (Å²) in [5, 5.41) is 3.70. The minimum Gasteiger partial charge on any atom is -0.368 e. The first kappa shape index (κ1) is 13.1. The monoisotopic (exact) mass is 344 g/mol. The first-order valence-electron chi connectivity index (χ1n) is 6.44. The molecule has 94 valence electrons. The second-order valence-electron chi connectivity index (χ2n) is 4.81. The van der Waals surface area contributed by atoms with Crippen LogP contribution in [0.15, 0.2) is 24.3 Å². The summed E-state index contributed by atoms with van der Waals surface area (Å²) in [6, 6.07) is 8.86. The largest absolute Gasteiger partial charge is 0.368 e. The molecule has 0 unspecified atom stereocenters. The molecule has 1 aliphatic heterocycles. The molecular weight excluding hydrogens is 323 g/mol. The molecule has 1 aromatic rings. The third kappa shape index (κ3) is 2.94. The number of halogens is 1. The quantitative estimate of drug-likeness (QED) is 0.847. The van der Waals surface area contributed by atoms with Crippen molar-refractivity contribution in [1.29, 1.82) is 0 Å². The Morgan fingerprint density at radius 3 is 2.47 bits per heavy atom. The lowest BCUT2D eigenvalue weighted by atomic mass is 9.90. The van der Waals surface area contributed by atoms with Gasteiger partial charge in [-0.3, -0.25) is 0 Å². The number of nitrogens with one attached hydrogen (secondary N) is 1. The van der Waals surface area contributed by atoms with Crippen LogP contribution in [0.3, 0.4) is 0 Å². The molecule has 3 heteroatoms. The minimum absolute atomic E-state index is 0.307. The molecule has 0 atom stereocenters. The molecule has 1 heterocycles. The van der Waals surface area contributed by atoms with Crippen molar-refractivity contribution in [2.45, 2.75) is 32.2 Å². The Bertz CT molecular complexity index is 357. The maximum atomic E-state index is 3.70. The summed E-state index contributed by atoms with van der Waals surface area (Å²) < 4.78 is 1.30. The van der Waals surface area contributed by atoms with E-state index >= 15 is 0 Å². The highest BCUT2D eigenvalue weighted by molar-refractivity contribution is 14.1. The number of benzene rings is 1. The smallest absolute Gasteiger partial charge is 0.0368 e. The van der Waals surface area contributed by atoms with Crippen LogP contribution in [-0.4, -0.2) is 25.2 Å². The van der Waals surface area contributed by atoms with Crippen LogP contribution >= 0.6 is 22.6 Å². The van der Waals surface area contributed by atoms with E-state index in [4.69, 9.17) is 0 Å². The Labute approximate surface area is 118 Å². The zero-order chi connectivity index (χ0) is 12.3. The zero-order valence-electron chi connectivity index (χ0n) is 10.7. The molecule has 1 aromatic carbocycles. The fourth-order valence-electron chi connectivity index (χ4n) is 2.55. The standard InChI is InChI=1S/C14H21IN2/c1-3-14(4-2)11-17(10-9-16-14)13-7-5-12(15)6-8-13/h5-8,16H,3-4,9-11H2,1-2H3. The molecule has 2 rings (SSSR count). The third-order valence-electron chi connectivity index (χ3n) is 3.92. The highest BCUT2D eigenvalue weighted by Gasteiger charge is 2.31. The van der Waals surface area contributed by atoms with Crippen LogP contribution in [-0.2, 0) is 0 Å². The first-order valence-corrected chi connectivity index (χ1v) is 7.52. The molecular formula is C14H21IN2. The number of rotatable bonds is 3. The molecule has 1 saturated heterocycles. The lowest BCUT2D eigenvalue weighted by Crippen LogP contribution is -2.60. The molecule has 0 amide bonds. The van der Waals surface area contributed by atoms with E-state index in [2.05, 4.69) is 70.9 Å². The van der Waals surface area contributed by atoms with Gasteiger partial charge < -0.3 is 10.2 Å². The van der Waals surface area contributed by atoms with Gasteiger partial charge in [-0.25, -0.2) is 0 Å². The minimum atomic E-state index is 0.307. The maximum Gasteiger partial charge on any atom is 0.0368 e. The van der Waals surface area contributed by atoms with Crippen LogP contribution in [0, 0.1) is 3.57 Å². The Morgan fingerprint density at radius 2 is 1.88 bits per heavy atom. The molecule has 1 aliphatic rings. The fraction of sp³-hybridized carbons (Fsp3) is 0.571. The highest BCUT2D eigenvalue weighted by atomic mass is 127. The van der Waals surface area contributed by atoms with E-state index in [1.165, 1.54) is 22.1 Å². The molecule has 1 fully saturated rings. The number of hydrogen-bond donors (Lipinski definition) is 1. The van der Waals surface area contributed by atoms with E-state index < -0.39 is 0 Å².